The first-order valence-corrected chi connectivity index (χ1v) is 9.00. The van der Waals surface area contributed by atoms with Crippen LogP contribution in [0.5, 0.6) is 17.5 Å². The molecule has 4 rings (SSSR count). The van der Waals surface area contributed by atoms with Crippen molar-refractivity contribution in [2.45, 2.75) is 13.0 Å². The molecule has 4 heterocycles. The van der Waals surface area contributed by atoms with Crippen molar-refractivity contribution in [2.75, 3.05) is 20.8 Å². The van der Waals surface area contributed by atoms with Crippen LogP contribution >= 0.6 is 0 Å². The van der Waals surface area contributed by atoms with E-state index in [0.717, 1.165) is 5.56 Å². The molecule has 0 bridgehead atoms. The van der Waals surface area contributed by atoms with Crippen molar-refractivity contribution in [3.8, 4) is 34.5 Å². The van der Waals surface area contributed by atoms with Gasteiger partial charge in [0.15, 0.2) is 5.75 Å². The molecule has 0 aliphatic carbocycles. The lowest BCUT2D eigenvalue weighted by Crippen LogP contribution is -2.09. The average Bonchev–Trinajstić information content (AvgIpc) is 3.37. The molecule has 1 atom stereocenters. The minimum Gasteiger partial charge on any atom is -0.494 e. The van der Waals surface area contributed by atoms with Gasteiger partial charge in [-0.25, -0.2) is 9.97 Å². The molecule has 150 valence electrons. The summed E-state index contributed by atoms with van der Waals surface area (Å²) in [4.78, 5) is 8.91. The van der Waals surface area contributed by atoms with Crippen molar-refractivity contribution in [1.29, 1.82) is 0 Å². The Bertz CT molecular complexity index is 1170. The summed E-state index contributed by atoms with van der Waals surface area (Å²) >= 11 is 0. The van der Waals surface area contributed by atoms with Gasteiger partial charge in [-0.2, -0.15) is 5.10 Å². The second-order valence-corrected chi connectivity index (χ2v) is 6.60. The van der Waals surface area contributed by atoms with Crippen LogP contribution in [0.15, 0.2) is 43.0 Å². The molecular formula is C20H21N5O4. The van der Waals surface area contributed by atoms with E-state index in [4.69, 9.17) is 9.47 Å². The number of pyridine rings is 2. The number of hydrogen-bond acceptors (Lipinski definition) is 7. The van der Waals surface area contributed by atoms with Crippen molar-refractivity contribution in [2.24, 2.45) is 0 Å². The molecule has 0 amide bonds. The number of methoxy groups -OCH3 is 2. The second kappa shape index (κ2) is 7.44. The largest absolute Gasteiger partial charge is 0.494 e. The molecule has 29 heavy (non-hydrogen) atoms. The standard InChI is InChI=1S/C20H21N5O4/c1-12(11-26)25-9-14(8-22-25)24-10-17-15(20(24)27)4-5-16(23-17)13-6-18(28-2)19(29-3)21-7-13/h4-10,12,26-27H,11H2,1-3H3. The first kappa shape index (κ1) is 18.8. The lowest BCUT2D eigenvalue weighted by Gasteiger charge is -2.08. The van der Waals surface area contributed by atoms with Gasteiger partial charge in [-0.05, 0) is 25.1 Å². The van der Waals surface area contributed by atoms with E-state index in [0.29, 0.717) is 33.9 Å². The molecule has 4 aromatic heterocycles. The number of aromatic nitrogens is 5. The highest BCUT2D eigenvalue weighted by molar-refractivity contribution is 5.87. The van der Waals surface area contributed by atoms with Crippen molar-refractivity contribution in [1.82, 2.24) is 24.3 Å². The van der Waals surface area contributed by atoms with Gasteiger partial charge < -0.3 is 19.7 Å². The molecule has 9 nitrogen and oxygen atoms in total. The first-order valence-electron chi connectivity index (χ1n) is 9.00. The zero-order valence-corrected chi connectivity index (χ0v) is 16.3. The first-order chi connectivity index (χ1) is 14.0. The Labute approximate surface area is 166 Å². The number of nitrogens with zero attached hydrogens (tertiary/aromatic N) is 5. The lowest BCUT2D eigenvalue weighted by molar-refractivity contribution is 0.230. The number of aliphatic hydroxyl groups is 1. The maximum absolute atomic E-state index is 10.6. The zero-order chi connectivity index (χ0) is 20.5. The van der Waals surface area contributed by atoms with Crippen LogP contribution in [0.25, 0.3) is 27.8 Å². The minimum atomic E-state index is -0.154. The van der Waals surface area contributed by atoms with Gasteiger partial charge in [0.2, 0.25) is 5.88 Å². The second-order valence-electron chi connectivity index (χ2n) is 6.60. The Morgan fingerprint density at radius 2 is 1.97 bits per heavy atom. The SMILES string of the molecule is COc1cc(-c2ccc3c(O)n(-c4cnn(C(C)CO)c4)cc3n2)cnc1OC. The third-order valence-electron chi connectivity index (χ3n) is 4.75. The third kappa shape index (κ3) is 3.25. The third-order valence-corrected chi connectivity index (χ3v) is 4.75. The molecule has 0 aliphatic rings. The Balaban J connectivity index is 1.75. The smallest absolute Gasteiger partial charge is 0.256 e. The molecule has 0 radical (unpaired) electrons. The average molecular weight is 395 g/mol. The van der Waals surface area contributed by atoms with E-state index >= 15 is 0 Å². The fourth-order valence-corrected chi connectivity index (χ4v) is 3.08. The molecule has 0 aliphatic heterocycles. The number of aromatic hydroxyl groups is 1. The van der Waals surface area contributed by atoms with Crippen molar-refractivity contribution in [3.63, 3.8) is 0 Å². The van der Waals surface area contributed by atoms with E-state index in [-0.39, 0.29) is 18.5 Å². The van der Waals surface area contributed by atoms with Gasteiger partial charge >= 0.3 is 0 Å². The molecule has 9 heteroatoms. The van der Waals surface area contributed by atoms with Gasteiger partial charge in [0.1, 0.15) is 0 Å². The fourth-order valence-electron chi connectivity index (χ4n) is 3.08. The molecule has 1 unspecified atom stereocenters. The number of rotatable bonds is 6. The summed E-state index contributed by atoms with van der Waals surface area (Å²) in [6.07, 6.45) is 6.79. The van der Waals surface area contributed by atoms with E-state index in [9.17, 15) is 10.2 Å². The monoisotopic (exact) mass is 395 g/mol. The fraction of sp³-hybridized carbons (Fsp3) is 0.250. The summed E-state index contributed by atoms with van der Waals surface area (Å²) in [5.74, 6) is 0.980. The molecule has 0 aromatic carbocycles. The Morgan fingerprint density at radius 1 is 1.14 bits per heavy atom. The predicted molar refractivity (Wildman–Crippen MR) is 107 cm³/mol. The predicted octanol–water partition coefficient (Wildman–Crippen LogP) is 2.56. The molecule has 0 saturated carbocycles. The van der Waals surface area contributed by atoms with E-state index in [1.807, 2.05) is 13.0 Å². The van der Waals surface area contributed by atoms with Crippen molar-refractivity contribution < 1.29 is 19.7 Å². The molecule has 2 N–H and O–H groups in total. The maximum Gasteiger partial charge on any atom is 0.256 e. The van der Waals surface area contributed by atoms with E-state index in [1.165, 1.54) is 7.11 Å². The summed E-state index contributed by atoms with van der Waals surface area (Å²) in [6, 6.07) is 5.27. The minimum absolute atomic E-state index is 0.0228. The summed E-state index contributed by atoms with van der Waals surface area (Å²) in [6.45, 7) is 1.83. The van der Waals surface area contributed by atoms with E-state index < -0.39 is 0 Å². The summed E-state index contributed by atoms with van der Waals surface area (Å²) in [7, 11) is 3.08. The van der Waals surface area contributed by atoms with Crippen LogP contribution in [0.3, 0.4) is 0 Å². The molecular weight excluding hydrogens is 374 g/mol. The number of ether oxygens (including phenoxy) is 2. The van der Waals surface area contributed by atoms with Crippen LogP contribution < -0.4 is 9.47 Å². The van der Waals surface area contributed by atoms with Gasteiger partial charge in [-0.15, -0.1) is 0 Å². The van der Waals surface area contributed by atoms with Crippen LogP contribution in [0.4, 0.5) is 0 Å². The highest BCUT2D eigenvalue weighted by atomic mass is 16.5. The summed E-state index contributed by atoms with van der Waals surface area (Å²) < 4.78 is 13.7. The molecule has 0 spiro atoms. The Hall–Kier alpha value is -3.59. The quantitative estimate of drug-likeness (QED) is 0.517. The van der Waals surface area contributed by atoms with Crippen LogP contribution in [-0.2, 0) is 0 Å². The van der Waals surface area contributed by atoms with Gasteiger partial charge in [0.25, 0.3) is 5.88 Å². The van der Waals surface area contributed by atoms with Crippen LogP contribution in [0.2, 0.25) is 0 Å². The van der Waals surface area contributed by atoms with Gasteiger partial charge in [-0.1, -0.05) is 0 Å². The highest BCUT2D eigenvalue weighted by Crippen LogP contribution is 2.33. The van der Waals surface area contributed by atoms with Crippen LogP contribution in [-0.4, -0.2) is 55.4 Å². The summed E-state index contributed by atoms with van der Waals surface area (Å²) in [5, 5.41) is 24.8. The Kier molecular flexibility index (Phi) is 4.81. The van der Waals surface area contributed by atoms with Crippen molar-refractivity contribution in [3.05, 3.63) is 43.0 Å². The maximum atomic E-state index is 10.6. The Morgan fingerprint density at radius 3 is 2.69 bits per heavy atom. The topological polar surface area (TPSA) is 107 Å². The van der Waals surface area contributed by atoms with Crippen LogP contribution in [0.1, 0.15) is 13.0 Å². The molecule has 0 fully saturated rings. The molecule has 4 aromatic rings. The van der Waals surface area contributed by atoms with Gasteiger partial charge in [0, 0.05) is 24.2 Å². The van der Waals surface area contributed by atoms with Crippen LogP contribution in [0, 0.1) is 0 Å². The van der Waals surface area contributed by atoms with E-state index in [1.54, 1.807) is 53.3 Å². The molecule has 0 saturated heterocycles. The highest BCUT2D eigenvalue weighted by Gasteiger charge is 2.15. The van der Waals surface area contributed by atoms with Crippen molar-refractivity contribution >= 4 is 10.9 Å². The zero-order valence-electron chi connectivity index (χ0n) is 16.3. The number of aliphatic hydroxyl groups excluding tert-OH is 1. The summed E-state index contributed by atoms with van der Waals surface area (Å²) in [5.41, 5.74) is 2.75. The lowest BCUT2D eigenvalue weighted by atomic mass is 10.1. The van der Waals surface area contributed by atoms with E-state index in [2.05, 4.69) is 15.1 Å². The van der Waals surface area contributed by atoms with Gasteiger partial charge in [0.05, 0.1) is 55.3 Å². The number of fused-ring (bicyclic) bond motifs is 1. The number of hydrogen-bond donors (Lipinski definition) is 2. The normalized spacial score (nSPS) is 12.3. The van der Waals surface area contributed by atoms with Gasteiger partial charge in [-0.3, -0.25) is 9.25 Å².